The third kappa shape index (κ3) is 3.14. The fraction of sp³-hybridized carbons (Fsp3) is 0.200. The molecule has 74 valence electrons. The molecule has 4 heteroatoms. The number of nitrogens with one attached hydrogen (secondary N) is 1. The van der Waals surface area contributed by atoms with E-state index in [9.17, 15) is 0 Å². The van der Waals surface area contributed by atoms with Gasteiger partial charge in [-0.1, -0.05) is 29.8 Å². The summed E-state index contributed by atoms with van der Waals surface area (Å²) in [4.78, 5) is 0. The number of hydrazone groups is 1. The van der Waals surface area contributed by atoms with E-state index in [4.69, 9.17) is 5.73 Å². The van der Waals surface area contributed by atoms with Crippen molar-refractivity contribution in [3.05, 3.63) is 35.4 Å². The van der Waals surface area contributed by atoms with E-state index in [0.717, 1.165) is 11.3 Å². The molecule has 0 aliphatic heterocycles. The molecular formula is C10H13N3S. The Balaban J connectivity index is 2.83. The van der Waals surface area contributed by atoms with E-state index in [-0.39, 0.29) is 5.11 Å². The molecule has 0 spiro atoms. The van der Waals surface area contributed by atoms with Crippen LogP contribution in [-0.4, -0.2) is 10.8 Å². The van der Waals surface area contributed by atoms with E-state index in [2.05, 4.69) is 28.8 Å². The van der Waals surface area contributed by atoms with Gasteiger partial charge in [0.25, 0.3) is 0 Å². The summed E-state index contributed by atoms with van der Waals surface area (Å²) in [7, 11) is 0. The van der Waals surface area contributed by atoms with Crippen molar-refractivity contribution in [3.63, 3.8) is 0 Å². The van der Waals surface area contributed by atoms with E-state index in [1.807, 2.05) is 32.0 Å². The van der Waals surface area contributed by atoms with Crippen LogP contribution < -0.4 is 11.2 Å². The fourth-order valence-electron chi connectivity index (χ4n) is 1.07. The lowest BCUT2D eigenvalue weighted by Crippen LogP contribution is -2.25. The monoisotopic (exact) mass is 207 g/mol. The van der Waals surface area contributed by atoms with Crippen LogP contribution in [0.15, 0.2) is 29.4 Å². The predicted octanol–water partition coefficient (Wildman–Crippen LogP) is 1.55. The Morgan fingerprint density at radius 2 is 2.21 bits per heavy atom. The highest BCUT2D eigenvalue weighted by Crippen LogP contribution is 2.04. The van der Waals surface area contributed by atoms with Gasteiger partial charge in [-0.25, -0.2) is 0 Å². The van der Waals surface area contributed by atoms with Gasteiger partial charge in [-0.15, -0.1) is 0 Å². The summed E-state index contributed by atoms with van der Waals surface area (Å²) in [6.07, 6.45) is 0. The Morgan fingerprint density at radius 1 is 1.50 bits per heavy atom. The van der Waals surface area contributed by atoms with Crippen molar-refractivity contribution in [2.24, 2.45) is 10.8 Å². The molecule has 1 aromatic carbocycles. The topological polar surface area (TPSA) is 50.4 Å². The van der Waals surface area contributed by atoms with Gasteiger partial charge in [0, 0.05) is 0 Å². The van der Waals surface area contributed by atoms with Crippen LogP contribution >= 0.6 is 12.2 Å². The second-order valence-corrected chi connectivity index (χ2v) is 3.48. The summed E-state index contributed by atoms with van der Waals surface area (Å²) in [5, 5.41) is 4.21. The molecule has 0 amide bonds. The zero-order valence-electron chi connectivity index (χ0n) is 8.24. The minimum atomic E-state index is 0.178. The van der Waals surface area contributed by atoms with Gasteiger partial charge >= 0.3 is 0 Å². The summed E-state index contributed by atoms with van der Waals surface area (Å²) in [6.45, 7) is 3.94. The van der Waals surface area contributed by atoms with Crippen LogP contribution in [0.25, 0.3) is 0 Å². The molecule has 3 nitrogen and oxygen atoms in total. The third-order valence-electron chi connectivity index (χ3n) is 1.77. The molecule has 0 unspecified atom stereocenters. The predicted molar refractivity (Wildman–Crippen MR) is 63.3 cm³/mol. The lowest BCUT2D eigenvalue weighted by atomic mass is 10.1. The molecule has 1 rings (SSSR count). The van der Waals surface area contributed by atoms with Crippen molar-refractivity contribution < 1.29 is 0 Å². The maximum Gasteiger partial charge on any atom is 0.184 e. The number of rotatable bonds is 2. The van der Waals surface area contributed by atoms with Crippen LogP contribution in [0.2, 0.25) is 0 Å². The lowest BCUT2D eigenvalue weighted by Gasteiger charge is -2.02. The number of nitrogens with two attached hydrogens (primary N) is 1. The molecule has 3 N–H and O–H groups in total. The molecule has 0 aliphatic carbocycles. The fourth-order valence-corrected chi connectivity index (χ4v) is 1.12. The Hall–Kier alpha value is -1.42. The molecule has 0 heterocycles. The molecule has 0 fully saturated rings. The van der Waals surface area contributed by atoms with Crippen LogP contribution in [-0.2, 0) is 0 Å². The van der Waals surface area contributed by atoms with Gasteiger partial charge in [-0.2, -0.15) is 5.10 Å². The normalized spacial score (nSPS) is 11.1. The number of nitrogens with zero attached hydrogens (tertiary/aromatic N) is 1. The van der Waals surface area contributed by atoms with Gasteiger partial charge in [0.05, 0.1) is 5.71 Å². The first-order valence-corrected chi connectivity index (χ1v) is 4.67. The van der Waals surface area contributed by atoms with Crippen LogP contribution in [0.1, 0.15) is 18.1 Å². The third-order valence-corrected chi connectivity index (χ3v) is 1.86. The van der Waals surface area contributed by atoms with E-state index in [1.54, 1.807) is 0 Å². The summed E-state index contributed by atoms with van der Waals surface area (Å²) in [5.74, 6) is 0. The summed E-state index contributed by atoms with van der Waals surface area (Å²) in [5.41, 5.74) is 10.9. The second-order valence-electron chi connectivity index (χ2n) is 3.04. The number of thiocarbonyl (C=S) groups is 1. The van der Waals surface area contributed by atoms with Gasteiger partial charge in [0.1, 0.15) is 0 Å². The minimum Gasteiger partial charge on any atom is -0.375 e. The largest absolute Gasteiger partial charge is 0.375 e. The van der Waals surface area contributed by atoms with Crippen molar-refractivity contribution in [1.82, 2.24) is 5.43 Å². The molecule has 0 aromatic heterocycles. The average molecular weight is 207 g/mol. The van der Waals surface area contributed by atoms with Gasteiger partial charge < -0.3 is 5.73 Å². The Kier molecular flexibility index (Phi) is 3.59. The van der Waals surface area contributed by atoms with E-state index < -0.39 is 0 Å². The molecule has 1 aromatic rings. The van der Waals surface area contributed by atoms with E-state index >= 15 is 0 Å². The zero-order chi connectivity index (χ0) is 10.6. The van der Waals surface area contributed by atoms with Crippen LogP contribution in [0.3, 0.4) is 0 Å². The molecular weight excluding hydrogens is 194 g/mol. The first-order chi connectivity index (χ1) is 6.59. The maximum absolute atomic E-state index is 5.26. The SMILES string of the molecule is CC(=NNC(N)=S)c1cccc(C)c1. The maximum atomic E-state index is 5.26. The summed E-state index contributed by atoms with van der Waals surface area (Å²) in [6, 6.07) is 8.08. The standard InChI is InChI=1S/C10H13N3S/c1-7-4-3-5-9(6-7)8(2)12-13-10(11)14/h3-6H,1-2H3,(H3,11,13,14). The van der Waals surface area contributed by atoms with Crippen molar-refractivity contribution in [3.8, 4) is 0 Å². The van der Waals surface area contributed by atoms with Crippen molar-refractivity contribution >= 4 is 23.0 Å². The number of aryl methyl sites for hydroxylation is 1. The highest BCUT2D eigenvalue weighted by molar-refractivity contribution is 7.80. The van der Waals surface area contributed by atoms with Gasteiger partial charge in [-0.3, -0.25) is 5.43 Å². The number of hydrogen-bond donors (Lipinski definition) is 2. The van der Waals surface area contributed by atoms with Gasteiger partial charge in [-0.05, 0) is 31.6 Å². The van der Waals surface area contributed by atoms with E-state index in [1.165, 1.54) is 5.56 Å². The molecule has 0 saturated carbocycles. The average Bonchev–Trinajstić information content (AvgIpc) is 2.14. The Labute approximate surface area is 89.0 Å². The smallest absolute Gasteiger partial charge is 0.184 e. The van der Waals surface area contributed by atoms with Crippen molar-refractivity contribution in [2.45, 2.75) is 13.8 Å². The highest BCUT2D eigenvalue weighted by atomic mass is 32.1. The lowest BCUT2D eigenvalue weighted by molar-refractivity contribution is 1.03. The minimum absolute atomic E-state index is 0.178. The van der Waals surface area contributed by atoms with Crippen LogP contribution in [0.5, 0.6) is 0 Å². The number of hydrogen-bond acceptors (Lipinski definition) is 2. The quantitative estimate of drug-likeness (QED) is 0.439. The first kappa shape index (κ1) is 10.7. The number of benzene rings is 1. The van der Waals surface area contributed by atoms with Crippen LogP contribution in [0.4, 0.5) is 0 Å². The summed E-state index contributed by atoms with van der Waals surface area (Å²) >= 11 is 4.65. The zero-order valence-corrected chi connectivity index (χ0v) is 9.06. The van der Waals surface area contributed by atoms with Gasteiger partial charge in [0.2, 0.25) is 0 Å². The van der Waals surface area contributed by atoms with Gasteiger partial charge in [0.15, 0.2) is 5.11 Å². The molecule has 0 radical (unpaired) electrons. The van der Waals surface area contributed by atoms with E-state index in [0.29, 0.717) is 0 Å². The van der Waals surface area contributed by atoms with Crippen molar-refractivity contribution in [1.29, 1.82) is 0 Å². The van der Waals surface area contributed by atoms with Crippen molar-refractivity contribution in [2.75, 3.05) is 0 Å². The second kappa shape index (κ2) is 4.72. The summed E-state index contributed by atoms with van der Waals surface area (Å²) < 4.78 is 0. The Morgan fingerprint density at radius 3 is 2.79 bits per heavy atom. The van der Waals surface area contributed by atoms with Crippen LogP contribution in [0, 0.1) is 6.92 Å². The molecule has 0 aliphatic rings. The molecule has 0 bridgehead atoms. The Bertz CT molecular complexity index is 371. The first-order valence-electron chi connectivity index (χ1n) is 4.26. The molecule has 0 atom stereocenters. The molecule has 0 saturated heterocycles. The molecule has 14 heavy (non-hydrogen) atoms. The highest BCUT2D eigenvalue weighted by Gasteiger charge is 1.96.